The largest absolute Gasteiger partial charge is 0.493 e. The van der Waals surface area contributed by atoms with Crippen LogP contribution in [-0.2, 0) is 14.3 Å². The average molecular weight is 406 g/mol. The van der Waals surface area contributed by atoms with Crippen LogP contribution in [0, 0.1) is 0 Å². The number of benzene rings is 2. The highest BCUT2D eigenvalue weighted by molar-refractivity contribution is 6.35. The summed E-state index contributed by atoms with van der Waals surface area (Å²) in [5.74, 6) is -0.250. The molecule has 0 radical (unpaired) electrons. The van der Waals surface area contributed by atoms with Crippen LogP contribution in [-0.4, -0.2) is 25.1 Å². The van der Waals surface area contributed by atoms with Gasteiger partial charge in [0, 0.05) is 28.1 Å². The number of ether oxygens (including phenoxy) is 2. The average Bonchev–Trinajstić information content (AvgIpc) is 2.66. The molecule has 1 amide bonds. The van der Waals surface area contributed by atoms with Crippen LogP contribution in [0.25, 0.3) is 6.08 Å². The van der Waals surface area contributed by atoms with Crippen molar-refractivity contribution in [1.29, 1.82) is 0 Å². The smallest absolute Gasteiger partial charge is 0.331 e. The molecule has 0 bridgehead atoms. The number of para-hydroxylation sites is 1. The first-order chi connectivity index (χ1) is 13.0. The van der Waals surface area contributed by atoms with Crippen molar-refractivity contribution in [3.8, 4) is 5.75 Å². The molecule has 140 valence electrons. The molecule has 2 aromatic carbocycles. The summed E-state index contributed by atoms with van der Waals surface area (Å²) in [4.78, 5) is 23.9. The quantitative estimate of drug-likeness (QED) is 0.598. The zero-order valence-corrected chi connectivity index (χ0v) is 15.8. The lowest BCUT2D eigenvalue weighted by atomic mass is 10.0. The van der Waals surface area contributed by atoms with Gasteiger partial charge in [-0.1, -0.05) is 47.5 Å². The number of hydrogen-bond donors (Lipinski definition) is 1. The first-order valence-corrected chi connectivity index (χ1v) is 9.09. The second-order valence-corrected chi connectivity index (χ2v) is 6.75. The molecule has 1 heterocycles. The SMILES string of the molecule is O=C(COC(=O)/C=C/c1ccc(Cl)cc1Cl)NC1CCOc2ccccc21. The summed E-state index contributed by atoms with van der Waals surface area (Å²) in [6.07, 6.45) is 3.38. The molecule has 1 unspecified atom stereocenters. The van der Waals surface area contributed by atoms with Crippen LogP contribution in [0.2, 0.25) is 10.0 Å². The van der Waals surface area contributed by atoms with Crippen LogP contribution >= 0.6 is 23.2 Å². The molecule has 7 heteroatoms. The minimum Gasteiger partial charge on any atom is -0.493 e. The molecule has 0 saturated carbocycles. The number of fused-ring (bicyclic) bond motifs is 1. The molecule has 0 aliphatic carbocycles. The standard InChI is InChI=1S/C20H17Cl2NO4/c21-14-7-5-13(16(22)11-14)6-8-20(25)27-12-19(24)23-17-9-10-26-18-4-2-1-3-15(17)18/h1-8,11,17H,9-10,12H2,(H,23,24)/b8-6+. The van der Waals surface area contributed by atoms with E-state index < -0.39 is 5.97 Å². The Balaban J connectivity index is 1.51. The fourth-order valence-corrected chi connectivity index (χ4v) is 3.18. The molecule has 0 saturated heterocycles. The van der Waals surface area contributed by atoms with Crippen molar-refractivity contribution < 1.29 is 19.1 Å². The molecule has 1 atom stereocenters. The lowest BCUT2D eigenvalue weighted by molar-refractivity contribution is -0.144. The van der Waals surface area contributed by atoms with Gasteiger partial charge in [0.25, 0.3) is 5.91 Å². The highest BCUT2D eigenvalue weighted by Crippen LogP contribution is 2.31. The summed E-state index contributed by atoms with van der Waals surface area (Å²) in [6, 6.07) is 12.3. The van der Waals surface area contributed by atoms with Gasteiger partial charge in [-0.05, 0) is 29.8 Å². The Morgan fingerprint density at radius 3 is 2.85 bits per heavy atom. The molecular weight excluding hydrogens is 389 g/mol. The van der Waals surface area contributed by atoms with E-state index >= 15 is 0 Å². The summed E-state index contributed by atoms with van der Waals surface area (Å²) >= 11 is 11.9. The summed E-state index contributed by atoms with van der Waals surface area (Å²) in [5, 5.41) is 3.79. The fourth-order valence-electron chi connectivity index (χ4n) is 2.71. The third-order valence-corrected chi connectivity index (χ3v) is 4.56. The number of rotatable bonds is 5. The van der Waals surface area contributed by atoms with Crippen LogP contribution in [0.3, 0.4) is 0 Å². The highest BCUT2D eigenvalue weighted by atomic mass is 35.5. The van der Waals surface area contributed by atoms with Crippen molar-refractivity contribution in [1.82, 2.24) is 5.32 Å². The lowest BCUT2D eigenvalue weighted by Crippen LogP contribution is -2.34. The predicted octanol–water partition coefficient (Wildman–Crippen LogP) is 4.19. The van der Waals surface area contributed by atoms with Crippen molar-refractivity contribution in [2.24, 2.45) is 0 Å². The first-order valence-electron chi connectivity index (χ1n) is 8.34. The van der Waals surface area contributed by atoms with E-state index in [-0.39, 0.29) is 18.6 Å². The second kappa shape index (κ2) is 8.93. The molecule has 0 aromatic heterocycles. The zero-order valence-electron chi connectivity index (χ0n) is 14.3. The topological polar surface area (TPSA) is 64.6 Å². The maximum atomic E-state index is 12.1. The van der Waals surface area contributed by atoms with Crippen LogP contribution in [0.15, 0.2) is 48.5 Å². The van der Waals surface area contributed by atoms with E-state index in [1.54, 1.807) is 18.2 Å². The molecule has 1 N–H and O–H groups in total. The monoisotopic (exact) mass is 405 g/mol. The van der Waals surface area contributed by atoms with Gasteiger partial charge in [0.2, 0.25) is 0 Å². The zero-order chi connectivity index (χ0) is 19.2. The molecule has 0 fully saturated rings. The van der Waals surface area contributed by atoms with Crippen molar-refractivity contribution in [3.63, 3.8) is 0 Å². The summed E-state index contributed by atoms with van der Waals surface area (Å²) in [6.45, 7) is 0.156. The third-order valence-electron chi connectivity index (χ3n) is 4.00. The number of carbonyl (C=O) groups is 2. The van der Waals surface area contributed by atoms with Gasteiger partial charge < -0.3 is 14.8 Å². The summed E-state index contributed by atoms with van der Waals surface area (Å²) in [7, 11) is 0. The molecule has 1 aliphatic rings. The van der Waals surface area contributed by atoms with Gasteiger partial charge in [-0.25, -0.2) is 4.79 Å². The summed E-state index contributed by atoms with van der Waals surface area (Å²) in [5.41, 5.74) is 1.54. The highest BCUT2D eigenvalue weighted by Gasteiger charge is 2.22. The first kappa shape index (κ1) is 19.3. The van der Waals surface area contributed by atoms with Gasteiger partial charge in [-0.15, -0.1) is 0 Å². The predicted molar refractivity (Wildman–Crippen MR) is 104 cm³/mol. The van der Waals surface area contributed by atoms with Gasteiger partial charge in [-0.3, -0.25) is 4.79 Å². The normalized spacial score (nSPS) is 15.7. The number of esters is 1. The minimum absolute atomic E-state index is 0.162. The van der Waals surface area contributed by atoms with E-state index in [9.17, 15) is 9.59 Å². The van der Waals surface area contributed by atoms with E-state index in [1.165, 1.54) is 12.2 Å². The van der Waals surface area contributed by atoms with E-state index in [1.807, 2.05) is 24.3 Å². The molecule has 3 rings (SSSR count). The Bertz CT molecular complexity index is 882. The maximum absolute atomic E-state index is 12.1. The Morgan fingerprint density at radius 2 is 2.04 bits per heavy atom. The number of nitrogens with one attached hydrogen (secondary N) is 1. The Kier molecular flexibility index (Phi) is 6.37. The number of carbonyl (C=O) groups excluding carboxylic acids is 2. The van der Waals surface area contributed by atoms with Crippen LogP contribution in [0.5, 0.6) is 5.75 Å². The molecule has 27 heavy (non-hydrogen) atoms. The third kappa shape index (κ3) is 5.25. The van der Waals surface area contributed by atoms with Crippen molar-refractivity contribution in [3.05, 3.63) is 69.7 Å². The Labute approximate surface area is 166 Å². The van der Waals surface area contributed by atoms with Gasteiger partial charge in [0.15, 0.2) is 6.61 Å². The Hall–Kier alpha value is -2.50. The molecule has 5 nitrogen and oxygen atoms in total. The lowest BCUT2D eigenvalue weighted by Gasteiger charge is -2.26. The van der Waals surface area contributed by atoms with E-state index in [0.717, 1.165) is 11.3 Å². The van der Waals surface area contributed by atoms with Crippen LogP contribution < -0.4 is 10.1 Å². The van der Waals surface area contributed by atoms with Crippen LogP contribution in [0.1, 0.15) is 23.6 Å². The molecule has 1 aliphatic heterocycles. The number of hydrogen-bond acceptors (Lipinski definition) is 4. The number of halogens is 2. The summed E-state index contributed by atoms with van der Waals surface area (Å²) < 4.78 is 10.5. The van der Waals surface area contributed by atoms with Gasteiger partial charge in [-0.2, -0.15) is 0 Å². The molecular formula is C20H17Cl2NO4. The molecule has 2 aromatic rings. The van der Waals surface area contributed by atoms with Gasteiger partial charge >= 0.3 is 5.97 Å². The van der Waals surface area contributed by atoms with Crippen molar-refractivity contribution in [2.45, 2.75) is 12.5 Å². The van der Waals surface area contributed by atoms with Gasteiger partial charge in [0.05, 0.1) is 12.6 Å². The second-order valence-electron chi connectivity index (χ2n) is 5.90. The van der Waals surface area contributed by atoms with Gasteiger partial charge in [0.1, 0.15) is 5.75 Å². The van der Waals surface area contributed by atoms with E-state index in [2.05, 4.69) is 5.32 Å². The van der Waals surface area contributed by atoms with Crippen LogP contribution in [0.4, 0.5) is 0 Å². The van der Waals surface area contributed by atoms with Crippen molar-refractivity contribution >= 4 is 41.2 Å². The van der Waals surface area contributed by atoms with E-state index in [4.69, 9.17) is 32.7 Å². The minimum atomic E-state index is -0.636. The fraction of sp³-hybridized carbons (Fsp3) is 0.200. The maximum Gasteiger partial charge on any atom is 0.331 e. The molecule has 0 spiro atoms. The van der Waals surface area contributed by atoms with E-state index in [0.29, 0.717) is 28.6 Å². The Morgan fingerprint density at radius 1 is 1.22 bits per heavy atom. The van der Waals surface area contributed by atoms with Crippen molar-refractivity contribution in [2.75, 3.05) is 13.2 Å². The number of amides is 1.